The molecule has 11 heteroatoms. The number of nitrogens with two attached hydrogens (primary N) is 1. The van der Waals surface area contributed by atoms with Crippen LogP contribution in [0.1, 0.15) is 0 Å². The molecule has 7 nitrogen and oxygen atoms in total. The van der Waals surface area contributed by atoms with E-state index in [0.717, 1.165) is 18.5 Å². The van der Waals surface area contributed by atoms with E-state index >= 15 is 0 Å². The van der Waals surface area contributed by atoms with Crippen LogP contribution in [0.2, 0.25) is 10.0 Å². The molecule has 4 aromatic rings. The minimum atomic E-state index is -0.462. The average Bonchev–Trinajstić information content (AvgIpc) is 2.84. The van der Waals surface area contributed by atoms with Gasteiger partial charge in [-0.05, 0) is 105 Å². The van der Waals surface area contributed by atoms with Gasteiger partial charge in [0.05, 0.1) is 16.3 Å². The van der Waals surface area contributed by atoms with Crippen LogP contribution >= 0.6 is 68.4 Å². The fourth-order valence-electron chi connectivity index (χ4n) is 2.43. The first-order valence-electron chi connectivity index (χ1n) is 9.75. The highest BCUT2D eigenvalue weighted by Crippen LogP contribution is 2.32. The van der Waals surface area contributed by atoms with E-state index in [-0.39, 0.29) is 5.69 Å². The molecule has 0 saturated carbocycles. The topological polar surface area (TPSA) is 111 Å². The SMILES string of the molecule is Nc1ccccc1I.O=Nc1ccc(Cl)cc1Nc1ccccc1I.O=[N+]([O-])c1ccc(Cl)cc1. The number of nitro groups is 1. The third kappa shape index (κ3) is 9.96. The van der Waals surface area contributed by atoms with Crippen LogP contribution < -0.4 is 11.1 Å². The fourth-order valence-corrected chi connectivity index (χ4v) is 3.64. The molecule has 0 unspecified atom stereocenters. The van der Waals surface area contributed by atoms with Gasteiger partial charge in [-0.15, -0.1) is 4.91 Å². The van der Waals surface area contributed by atoms with E-state index < -0.39 is 4.92 Å². The van der Waals surface area contributed by atoms with E-state index in [2.05, 4.69) is 55.7 Å². The summed E-state index contributed by atoms with van der Waals surface area (Å²) in [5.41, 5.74) is 8.29. The first-order chi connectivity index (χ1) is 16.7. The summed E-state index contributed by atoms with van der Waals surface area (Å²) in [4.78, 5) is 20.3. The maximum absolute atomic E-state index is 10.7. The Bertz CT molecular complexity index is 1270. The van der Waals surface area contributed by atoms with Gasteiger partial charge in [-0.3, -0.25) is 10.1 Å². The van der Waals surface area contributed by atoms with Crippen molar-refractivity contribution in [2.75, 3.05) is 11.1 Å². The summed E-state index contributed by atoms with van der Waals surface area (Å²) in [6.07, 6.45) is 0. The van der Waals surface area contributed by atoms with Gasteiger partial charge in [0.25, 0.3) is 5.69 Å². The zero-order valence-electron chi connectivity index (χ0n) is 17.9. The molecule has 180 valence electrons. The molecule has 0 spiro atoms. The Labute approximate surface area is 239 Å². The van der Waals surface area contributed by atoms with Gasteiger partial charge >= 0.3 is 0 Å². The monoisotopic (exact) mass is 734 g/mol. The normalized spacial score (nSPS) is 9.60. The molecular formula is C24H18Cl2I2N4O3. The lowest BCUT2D eigenvalue weighted by Gasteiger charge is -2.09. The van der Waals surface area contributed by atoms with E-state index in [1.807, 2.05) is 48.5 Å². The van der Waals surface area contributed by atoms with Crippen LogP contribution in [-0.4, -0.2) is 4.92 Å². The van der Waals surface area contributed by atoms with E-state index in [0.29, 0.717) is 21.4 Å². The van der Waals surface area contributed by atoms with Crippen molar-refractivity contribution in [3.05, 3.63) is 123 Å². The number of benzene rings is 4. The zero-order chi connectivity index (χ0) is 25.8. The Hall–Kier alpha value is -2.48. The van der Waals surface area contributed by atoms with E-state index in [4.69, 9.17) is 28.9 Å². The Morgan fingerprint density at radius 2 is 1.37 bits per heavy atom. The maximum atomic E-state index is 10.7. The predicted molar refractivity (Wildman–Crippen MR) is 161 cm³/mol. The second kappa shape index (κ2) is 14.8. The molecule has 4 aromatic carbocycles. The molecule has 0 aromatic heterocycles. The molecular weight excluding hydrogens is 717 g/mol. The molecule has 0 aliphatic carbocycles. The Morgan fingerprint density at radius 1 is 0.800 bits per heavy atom. The zero-order valence-corrected chi connectivity index (χ0v) is 23.7. The van der Waals surface area contributed by atoms with Gasteiger partial charge in [0, 0.05) is 35.0 Å². The van der Waals surface area contributed by atoms with Gasteiger partial charge in [0.15, 0.2) is 0 Å². The second-order valence-electron chi connectivity index (χ2n) is 6.61. The number of non-ortho nitro benzene ring substituents is 1. The molecule has 35 heavy (non-hydrogen) atoms. The van der Waals surface area contributed by atoms with E-state index in [1.54, 1.807) is 18.2 Å². The molecule has 0 aliphatic heterocycles. The van der Waals surface area contributed by atoms with Crippen molar-refractivity contribution in [3.63, 3.8) is 0 Å². The summed E-state index contributed by atoms with van der Waals surface area (Å²) in [7, 11) is 0. The molecule has 0 heterocycles. The summed E-state index contributed by atoms with van der Waals surface area (Å²) >= 11 is 15.8. The number of nitro benzene ring substituents is 1. The van der Waals surface area contributed by atoms with Crippen molar-refractivity contribution in [1.82, 2.24) is 0 Å². The number of nitrogens with zero attached hydrogens (tertiary/aromatic N) is 2. The van der Waals surface area contributed by atoms with E-state index in [1.165, 1.54) is 24.3 Å². The molecule has 0 bridgehead atoms. The number of rotatable bonds is 4. The Balaban J connectivity index is 0.000000204. The lowest BCUT2D eigenvalue weighted by molar-refractivity contribution is -0.384. The highest BCUT2D eigenvalue weighted by Gasteiger charge is 2.06. The van der Waals surface area contributed by atoms with Gasteiger partial charge in [-0.1, -0.05) is 47.5 Å². The summed E-state index contributed by atoms with van der Waals surface area (Å²) < 4.78 is 2.17. The number of nitrogen functional groups attached to an aromatic ring is 1. The first kappa shape index (κ1) is 28.8. The number of halogens is 4. The van der Waals surface area contributed by atoms with Crippen molar-refractivity contribution < 1.29 is 4.92 Å². The number of nitroso groups, excluding NO2 is 1. The third-order valence-corrected chi connectivity index (χ3v) is 6.55. The highest BCUT2D eigenvalue weighted by atomic mass is 127. The lowest BCUT2D eigenvalue weighted by Crippen LogP contribution is -1.92. The molecule has 0 aliphatic rings. The van der Waals surface area contributed by atoms with Gasteiger partial charge in [0.1, 0.15) is 5.69 Å². The number of nitrogens with one attached hydrogen (secondary N) is 1. The van der Waals surface area contributed by atoms with Crippen LogP contribution in [-0.2, 0) is 0 Å². The predicted octanol–water partition coefficient (Wildman–Crippen LogP) is 9.21. The minimum absolute atomic E-state index is 0.0596. The van der Waals surface area contributed by atoms with Crippen molar-refractivity contribution in [2.45, 2.75) is 0 Å². The summed E-state index contributed by atoms with van der Waals surface area (Å²) in [5.74, 6) is 0. The largest absolute Gasteiger partial charge is 0.398 e. The average molecular weight is 735 g/mol. The van der Waals surface area contributed by atoms with Crippen LogP contribution in [0.5, 0.6) is 0 Å². The van der Waals surface area contributed by atoms with Crippen LogP contribution in [0.3, 0.4) is 0 Å². The van der Waals surface area contributed by atoms with Gasteiger partial charge in [-0.2, -0.15) is 0 Å². The molecule has 3 N–H and O–H groups in total. The molecule has 0 radical (unpaired) electrons. The number of para-hydroxylation sites is 2. The van der Waals surface area contributed by atoms with Crippen LogP contribution in [0.25, 0.3) is 0 Å². The smallest absolute Gasteiger partial charge is 0.269 e. The molecule has 4 rings (SSSR count). The Kier molecular flexibility index (Phi) is 12.2. The molecule has 0 saturated heterocycles. The maximum Gasteiger partial charge on any atom is 0.269 e. The van der Waals surface area contributed by atoms with Gasteiger partial charge in [0.2, 0.25) is 0 Å². The van der Waals surface area contributed by atoms with E-state index in [9.17, 15) is 15.0 Å². The number of hydrogen-bond donors (Lipinski definition) is 2. The van der Waals surface area contributed by atoms with Crippen LogP contribution in [0.15, 0.2) is 96.2 Å². The van der Waals surface area contributed by atoms with Crippen molar-refractivity contribution in [2.24, 2.45) is 5.18 Å². The van der Waals surface area contributed by atoms with Crippen molar-refractivity contribution in [3.8, 4) is 0 Å². The third-order valence-electron chi connectivity index (χ3n) is 4.14. The quantitative estimate of drug-likeness (QED) is 0.0714. The minimum Gasteiger partial charge on any atom is -0.398 e. The van der Waals surface area contributed by atoms with Crippen LogP contribution in [0, 0.1) is 22.2 Å². The number of anilines is 3. The van der Waals surface area contributed by atoms with Crippen molar-refractivity contribution >= 4 is 96.8 Å². The number of hydrogen-bond acceptors (Lipinski definition) is 6. The van der Waals surface area contributed by atoms with Gasteiger partial charge in [-0.25, -0.2) is 0 Å². The second-order valence-corrected chi connectivity index (χ2v) is 9.81. The fraction of sp³-hybridized carbons (Fsp3) is 0. The van der Waals surface area contributed by atoms with Gasteiger partial charge < -0.3 is 11.1 Å². The summed E-state index contributed by atoms with van der Waals surface area (Å²) in [6, 6.07) is 26.1. The standard InChI is InChI=1S/C12H8ClIN2O.C6H4ClNO2.C6H6IN/c13-8-5-6-11(16-17)12(7-8)15-10-4-2-1-3-9(10)14;7-5-1-3-6(4-2-5)8(9)10;7-5-3-1-2-4-6(5)8/h1-7,15H;1-4H;1-4H,8H2. The molecule has 0 fully saturated rings. The lowest BCUT2D eigenvalue weighted by atomic mass is 10.2. The Morgan fingerprint density at radius 3 is 1.89 bits per heavy atom. The first-order valence-corrected chi connectivity index (χ1v) is 12.7. The molecule has 0 atom stereocenters. The molecule has 0 amide bonds. The highest BCUT2D eigenvalue weighted by molar-refractivity contribution is 14.1. The van der Waals surface area contributed by atoms with Crippen LogP contribution in [0.4, 0.5) is 28.4 Å². The summed E-state index contributed by atoms with van der Waals surface area (Å²) in [6.45, 7) is 0. The summed E-state index contributed by atoms with van der Waals surface area (Å²) in [5, 5.41) is 17.3. The van der Waals surface area contributed by atoms with Crippen molar-refractivity contribution in [1.29, 1.82) is 0 Å².